The fraction of sp³-hybridized carbons (Fsp3) is 0.727. The van der Waals surface area contributed by atoms with E-state index in [1.165, 1.54) is 0 Å². The van der Waals surface area contributed by atoms with E-state index in [0.29, 0.717) is 13.0 Å². The van der Waals surface area contributed by atoms with Crippen molar-refractivity contribution >= 4 is 5.78 Å². The molecule has 2 nitrogen and oxygen atoms in total. The van der Waals surface area contributed by atoms with Crippen molar-refractivity contribution in [2.24, 2.45) is 11.1 Å². The zero-order valence-corrected chi connectivity index (χ0v) is 8.23. The van der Waals surface area contributed by atoms with Gasteiger partial charge in [-0.3, -0.25) is 4.79 Å². The van der Waals surface area contributed by atoms with Crippen LogP contribution in [0.2, 0.25) is 0 Å². The second-order valence-corrected chi connectivity index (χ2v) is 3.72. The van der Waals surface area contributed by atoms with E-state index in [-0.39, 0.29) is 11.2 Å². The van der Waals surface area contributed by atoms with E-state index in [2.05, 4.69) is 11.8 Å². The topological polar surface area (TPSA) is 43.1 Å². The van der Waals surface area contributed by atoms with Crippen LogP contribution in [0.4, 0.5) is 0 Å². The Balaban J connectivity index is 2.63. The van der Waals surface area contributed by atoms with Crippen LogP contribution in [0.1, 0.15) is 39.0 Å². The molecule has 0 spiro atoms. The van der Waals surface area contributed by atoms with Crippen molar-refractivity contribution < 1.29 is 4.79 Å². The summed E-state index contributed by atoms with van der Waals surface area (Å²) in [4.78, 5) is 11.8. The first kappa shape index (κ1) is 10.3. The predicted octanol–water partition coefficient (Wildman–Crippen LogP) is 1.49. The fourth-order valence-electron chi connectivity index (χ4n) is 2.00. The summed E-state index contributed by atoms with van der Waals surface area (Å²) < 4.78 is 0. The molecule has 1 fully saturated rings. The number of hydrogen-bond donors (Lipinski definition) is 1. The molecule has 1 rings (SSSR count). The van der Waals surface area contributed by atoms with Crippen LogP contribution in [0.5, 0.6) is 0 Å². The Morgan fingerprint density at radius 3 is 2.54 bits per heavy atom. The second kappa shape index (κ2) is 4.43. The summed E-state index contributed by atoms with van der Waals surface area (Å²) in [5, 5.41) is 0. The van der Waals surface area contributed by atoms with Crippen LogP contribution < -0.4 is 5.73 Å². The Bertz CT molecular complexity index is 241. The summed E-state index contributed by atoms with van der Waals surface area (Å²) in [6.45, 7) is 2.26. The molecular formula is C11H17NO. The minimum absolute atomic E-state index is 0.218. The molecule has 0 amide bonds. The second-order valence-electron chi connectivity index (χ2n) is 3.72. The number of hydrogen-bond acceptors (Lipinski definition) is 2. The van der Waals surface area contributed by atoms with Crippen molar-refractivity contribution in [2.45, 2.75) is 39.0 Å². The first-order valence-electron chi connectivity index (χ1n) is 4.88. The van der Waals surface area contributed by atoms with E-state index in [4.69, 9.17) is 5.73 Å². The van der Waals surface area contributed by atoms with Gasteiger partial charge in [-0.15, -0.1) is 5.92 Å². The van der Waals surface area contributed by atoms with Gasteiger partial charge in [0.15, 0.2) is 5.78 Å². The van der Waals surface area contributed by atoms with Gasteiger partial charge in [-0.2, -0.15) is 0 Å². The lowest BCUT2D eigenvalue weighted by atomic mass is 9.80. The monoisotopic (exact) mass is 179 g/mol. The Morgan fingerprint density at radius 1 is 1.46 bits per heavy atom. The zero-order valence-electron chi connectivity index (χ0n) is 8.23. The van der Waals surface area contributed by atoms with Crippen LogP contribution in [0, 0.1) is 17.3 Å². The third kappa shape index (κ3) is 2.10. The molecule has 2 N–H and O–H groups in total. The Hall–Kier alpha value is -0.810. The maximum absolute atomic E-state index is 11.8. The summed E-state index contributed by atoms with van der Waals surface area (Å²) in [5.41, 5.74) is 5.45. The standard InChI is InChI=1S/C11H17NO/c1-2-3-6-10(13)11(9-12)7-4-5-8-11/h4-9,12H2,1H3. The lowest BCUT2D eigenvalue weighted by molar-refractivity contribution is -0.127. The number of ketones is 1. The van der Waals surface area contributed by atoms with Gasteiger partial charge in [0.2, 0.25) is 0 Å². The van der Waals surface area contributed by atoms with E-state index in [9.17, 15) is 4.79 Å². The smallest absolute Gasteiger partial charge is 0.152 e. The number of nitrogens with two attached hydrogens (primary N) is 1. The molecule has 0 atom stereocenters. The van der Waals surface area contributed by atoms with E-state index < -0.39 is 0 Å². The molecule has 0 unspecified atom stereocenters. The minimum atomic E-state index is -0.218. The molecule has 1 aliphatic rings. The average Bonchev–Trinajstić information content (AvgIpc) is 2.63. The summed E-state index contributed by atoms with van der Waals surface area (Å²) in [5.74, 6) is 5.83. The summed E-state index contributed by atoms with van der Waals surface area (Å²) in [6.07, 6.45) is 4.60. The number of Topliss-reactive ketones (excluding diaryl/α,β-unsaturated/α-hetero) is 1. The van der Waals surface area contributed by atoms with Crippen molar-refractivity contribution in [2.75, 3.05) is 6.54 Å². The molecule has 0 radical (unpaired) electrons. The van der Waals surface area contributed by atoms with Crippen LogP contribution in [0.15, 0.2) is 0 Å². The largest absolute Gasteiger partial charge is 0.329 e. The lowest BCUT2D eigenvalue weighted by Crippen LogP contribution is -2.35. The molecule has 1 saturated carbocycles. The highest BCUT2D eigenvalue weighted by Gasteiger charge is 2.38. The molecule has 0 aromatic rings. The van der Waals surface area contributed by atoms with Gasteiger partial charge in [0, 0.05) is 12.0 Å². The minimum Gasteiger partial charge on any atom is -0.329 e. The maximum atomic E-state index is 11.8. The van der Waals surface area contributed by atoms with Crippen molar-refractivity contribution in [1.29, 1.82) is 0 Å². The quantitative estimate of drug-likeness (QED) is 0.667. The van der Waals surface area contributed by atoms with Crippen LogP contribution in [0.25, 0.3) is 0 Å². The molecule has 13 heavy (non-hydrogen) atoms. The molecule has 0 aliphatic heterocycles. The van der Waals surface area contributed by atoms with Crippen LogP contribution in [0.3, 0.4) is 0 Å². The van der Waals surface area contributed by atoms with Crippen LogP contribution in [-0.2, 0) is 4.79 Å². The van der Waals surface area contributed by atoms with Gasteiger partial charge in [0.25, 0.3) is 0 Å². The molecule has 0 saturated heterocycles. The van der Waals surface area contributed by atoms with Crippen molar-refractivity contribution in [3.63, 3.8) is 0 Å². The third-order valence-corrected chi connectivity index (χ3v) is 2.97. The molecule has 0 bridgehead atoms. The molecule has 0 aromatic heterocycles. The van der Waals surface area contributed by atoms with Crippen LogP contribution >= 0.6 is 0 Å². The molecule has 2 heteroatoms. The molecule has 0 heterocycles. The third-order valence-electron chi connectivity index (χ3n) is 2.97. The molecule has 0 aromatic carbocycles. The van der Waals surface area contributed by atoms with Crippen molar-refractivity contribution in [3.8, 4) is 11.8 Å². The summed E-state index contributed by atoms with van der Waals surface area (Å²) in [6, 6.07) is 0. The van der Waals surface area contributed by atoms with Crippen molar-refractivity contribution in [1.82, 2.24) is 0 Å². The van der Waals surface area contributed by atoms with Gasteiger partial charge >= 0.3 is 0 Å². The number of carbonyl (C=O) groups excluding carboxylic acids is 1. The van der Waals surface area contributed by atoms with Gasteiger partial charge in [-0.1, -0.05) is 18.8 Å². The van der Waals surface area contributed by atoms with E-state index in [1.54, 1.807) is 6.92 Å². The fourth-order valence-corrected chi connectivity index (χ4v) is 2.00. The predicted molar refractivity (Wildman–Crippen MR) is 53.0 cm³/mol. The highest BCUT2D eigenvalue weighted by Crippen LogP contribution is 2.38. The van der Waals surface area contributed by atoms with E-state index in [1.807, 2.05) is 0 Å². The lowest BCUT2D eigenvalue weighted by Gasteiger charge is -2.24. The van der Waals surface area contributed by atoms with E-state index in [0.717, 1.165) is 25.7 Å². The van der Waals surface area contributed by atoms with Gasteiger partial charge < -0.3 is 5.73 Å². The normalized spacial score (nSPS) is 19.2. The number of rotatable bonds is 3. The van der Waals surface area contributed by atoms with Gasteiger partial charge in [-0.25, -0.2) is 0 Å². The Morgan fingerprint density at radius 2 is 2.08 bits per heavy atom. The highest BCUT2D eigenvalue weighted by molar-refractivity contribution is 5.87. The van der Waals surface area contributed by atoms with Crippen molar-refractivity contribution in [3.05, 3.63) is 0 Å². The summed E-state index contributed by atoms with van der Waals surface area (Å²) in [7, 11) is 0. The van der Waals surface area contributed by atoms with Gasteiger partial charge in [0.1, 0.15) is 0 Å². The SMILES string of the molecule is CC#CCC(=O)C1(CN)CCCC1. The van der Waals surface area contributed by atoms with Gasteiger partial charge in [0.05, 0.1) is 6.42 Å². The first-order chi connectivity index (χ1) is 6.25. The molecule has 1 aliphatic carbocycles. The average molecular weight is 179 g/mol. The van der Waals surface area contributed by atoms with E-state index >= 15 is 0 Å². The van der Waals surface area contributed by atoms with Gasteiger partial charge in [-0.05, 0) is 19.8 Å². The Kier molecular flexibility index (Phi) is 3.50. The summed E-state index contributed by atoms with van der Waals surface area (Å²) >= 11 is 0. The zero-order chi connectivity index (χ0) is 9.73. The highest BCUT2D eigenvalue weighted by atomic mass is 16.1. The first-order valence-corrected chi connectivity index (χ1v) is 4.88. The number of carbonyl (C=O) groups is 1. The Labute approximate surface area is 79.9 Å². The molecule has 72 valence electrons. The molecular weight excluding hydrogens is 162 g/mol. The van der Waals surface area contributed by atoms with Crippen LogP contribution in [-0.4, -0.2) is 12.3 Å². The maximum Gasteiger partial charge on any atom is 0.152 e.